The lowest BCUT2D eigenvalue weighted by atomic mass is 9.46. The molecule has 0 amide bonds. The first kappa shape index (κ1) is 24.0. The lowest BCUT2D eigenvalue weighted by Crippen LogP contribution is -2.57. The minimum absolute atomic E-state index is 0.0105. The van der Waals surface area contributed by atoms with Crippen LogP contribution in [0, 0.1) is 40.4 Å². The second-order valence-corrected chi connectivity index (χ2v) is 13.1. The van der Waals surface area contributed by atoms with E-state index in [-0.39, 0.29) is 23.3 Å². The minimum atomic E-state index is -1.43. The predicted octanol–water partition coefficient (Wildman–Crippen LogP) is 3.51. The molecule has 1 aliphatic heterocycles. The van der Waals surface area contributed by atoms with Gasteiger partial charge in [-0.25, -0.2) is 9.59 Å². The largest absolute Gasteiger partial charge is 0.457 e. The van der Waals surface area contributed by atoms with Gasteiger partial charge in [0.25, 0.3) is 0 Å². The van der Waals surface area contributed by atoms with E-state index in [2.05, 4.69) is 6.58 Å². The highest BCUT2D eigenvalue weighted by Gasteiger charge is 2.75. The Morgan fingerprint density at radius 3 is 2.22 bits per heavy atom. The van der Waals surface area contributed by atoms with Crippen molar-refractivity contribution in [3.8, 4) is 0 Å². The average Bonchev–Trinajstić information content (AvgIpc) is 3.38. The van der Waals surface area contributed by atoms with Crippen molar-refractivity contribution in [1.29, 1.82) is 0 Å². The molecule has 8 heteroatoms. The fourth-order valence-corrected chi connectivity index (χ4v) is 9.18. The molecular weight excluding hydrogens is 464 g/mol. The summed E-state index contributed by atoms with van der Waals surface area (Å²) in [5, 5.41) is 0. The zero-order valence-electron chi connectivity index (χ0n) is 21.4. The van der Waals surface area contributed by atoms with E-state index in [0.717, 1.165) is 37.0 Å². The summed E-state index contributed by atoms with van der Waals surface area (Å²) in [4.78, 5) is 51.0. The third-order valence-corrected chi connectivity index (χ3v) is 10.5. The number of hydrogen-bond donors (Lipinski definition) is 0. The third-order valence-electron chi connectivity index (χ3n) is 10.5. The molecule has 6 bridgehead atoms. The van der Waals surface area contributed by atoms with Gasteiger partial charge in [0.15, 0.2) is 12.0 Å². The number of hydrogen-bond acceptors (Lipinski definition) is 8. The van der Waals surface area contributed by atoms with Gasteiger partial charge in [-0.15, -0.1) is 0 Å². The Hall–Kier alpha value is -2.38. The SMILES string of the molecule is C=C(C)C(=O)OC1C2CC3C1OC(=O)C3(C(=O)OCC(=O)OC(C)(C)C13CC4CC(CC(C4)C1)C3)C2. The monoisotopic (exact) mass is 500 g/mol. The minimum Gasteiger partial charge on any atom is -0.457 e. The zero-order chi connectivity index (χ0) is 25.6. The Bertz CT molecular complexity index is 1010. The van der Waals surface area contributed by atoms with Crippen molar-refractivity contribution in [3.63, 3.8) is 0 Å². The lowest BCUT2D eigenvalue weighted by molar-refractivity contribution is -0.204. The van der Waals surface area contributed by atoms with Gasteiger partial charge in [0.05, 0.1) is 0 Å². The molecule has 7 rings (SSSR count). The number of carbonyl (C=O) groups excluding carboxylic acids is 4. The molecule has 0 N–H and O–H groups in total. The summed E-state index contributed by atoms with van der Waals surface area (Å²) in [5.74, 6) is -0.934. The van der Waals surface area contributed by atoms with Gasteiger partial charge in [-0.05, 0) is 89.9 Å². The molecule has 1 saturated heterocycles. The van der Waals surface area contributed by atoms with Crippen LogP contribution in [-0.2, 0) is 38.1 Å². The molecular formula is C28H36O8. The van der Waals surface area contributed by atoms with Crippen LogP contribution in [0.2, 0.25) is 0 Å². The summed E-state index contributed by atoms with van der Waals surface area (Å²) in [5.41, 5.74) is -1.82. The standard InChI is InChI=1S/C28H36O8/c1-14(2)23(30)34-21-18-8-19-22(21)35-25(32)28(19,12-18)24(31)33-13-20(29)36-26(3,4)27-9-15-5-16(10-27)7-17(6-15)11-27/h15-19,21-22H,1,5-13H2,2-4H3. The number of rotatable bonds is 7. The summed E-state index contributed by atoms with van der Waals surface area (Å²) >= 11 is 0. The fraction of sp³-hybridized carbons (Fsp3) is 0.786. The molecule has 5 atom stereocenters. The molecule has 7 aliphatic rings. The van der Waals surface area contributed by atoms with Crippen LogP contribution in [0.25, 0.3) is 0 Å². The number of esters is 4. The quantitative estimate of drug-likeness (QED) is 0.226. The predicted molar refractivity (Wildman–Crippen MR) is 125 cm³/mol. The van der Waals surface area contributed by atoms with Crippen molar-refractivity contribution in [3.05, 3.63) is 12.2 Å². The van der Waals surface area contributed by atoms with E-state index in [1.807, 2.05) is 13.8 Å². The van der Waals surface area contributed by atoms with E-state index < -0.39 is 59.6 Å². The summed E-state index contributed by atoms with van der Waals surface area (Å²) in [6.45, 7) is 8.62. The Kier molecular flexibility index (Phi) is 5.20. The molecule has 6 saturated carbocycles. The van der Waals surface area contributed by atoms with Crippen molar-refractivity contribution in [2.75, 3.05) is 6.61 Å². The normalized spacial score (nSPS) is 43.3. The van der Waals surface area contributed by atoms with Gasteiger partial charge in [0, 0.05) is 22.8 Å². The van der Waals surface area contributed by atoms with Crippen molar-refractivity contribution < 1.29 is 38.1 Å². The highest BCUT2D eigenvalue weighted by molar-refractivity contribution is 6.03. The number of fused-ring (bicyclic) bond motifs is 1. The van der Waals surface area contributed by atoms with Crippen LogP contribution in [0.5, 0.6) is 0 Å². The first-order valence-corrected chi connectivity index (χ1v) is 13.4. The molecule has 1 heterocycles. The van der Waals surface area contributed by atoms with Gasteiger partial charge in [0.1, 0.15) is 17.8 Å². The highest BCUT2D eigenvalue weighted by Crippen LogP contribution is 2.65. The van der Waals surface area contributed by atoms with E-state index in [4.69, 9.17) is 18.9 Å². The third kappa shape index (κ3) is 3.31. The maximum Gasteiger partial charge on any atom is 0.344 e. The molecule has 0 spiro atoms. The summed E-state index contributed by atoms with van der Waals surface area (Å²) in [7, 11) is 0. The van der Waals surface area contributed by atoms with Gasteiger partial charge < -0.3 is 18.9 Å². The van der Waals surface area contributed by atoms with Gasteiger partial charge in [-0.3, -0.25) is 9.59 Å². The molecule has 196 valence electrons. The van der Waals surface area contributed by atoms with E-state index in [1.165, 1.54) is 19.3 Å². The van der Waals surface area contributed by atoms with Crippen LogP contribution >= 0.6 is 0 Å². The van der Waals surface area contributed by atoms with Crippen LogP contribution in [0.3, 0.4) is 0 Å². The molecule has 36 heavy (non-hydrogen) atoms. The maximum atomic E-state index is 13.2. The van der Waals surface area contributed by atoms with E-state index in [0.29, 0.717) is 6.42 Å². The van der Waals surface area contributed by atoms with E-state index in [1.54, 1.807) is 6.92 Å². The first-order chi connectivity index (χ1) is 16.9. The Labute approximate surface area is 211 Å². The van der Waals surface area contributed by atoms with Crippen molar-refractivity contribution in [2.24, 2.45) is 40.4 Å². The molecule has 0 aromatic rings. The topological polar surface area (TPSA) is 105 Å². The van der Waals surface area contributed by atoms with Crippen molar-refractivity contribution in [1.82, 2.24) is 0 Å². The Morgan fingerprint density at radius 2 is 1.64 bits per heavy atom. The van der Waals surface area contributed by atoms with Crippen LogP contribution in [0.4, 0.5) is 0 Å². The second kappa shape index (κ2) is 7.81. The van der Waals surface area contributed by atoms with E-state index in [9.17, 15) is 19.2 Å². The Morgan fingerprint density at radius 1 is 1.03 bits per heavy atom. The lowest BCUT2D eigenvalue weighted by Gasteiger charge is -2.61. The molecule has 6 aliphatic carbocycles. The number of ether oxygens (including phenoxy) is 4. The molecule has 0 aromatic heterocycles. The van der Waals surface area contributed by atoms with Gasteiger partial charge in [0.2, 0.25) is 0 Å². The van der Waals surface area contributed by atoms with Crippen LogP contribution in [0.1, 0.15) is 72.1 Å². The van der Waals surface area contributed by atoms with Gasteiger partial charge in [-0.1, -0.05) is 6.58 Å². The smallest absolute Gasteiger partial charge is 0.344 e. The Balaban J connectivity index is 1.08. The highest BCUT2D eigenvalue weighted by atomic mass is 16.6. The first-order valence-electron chi connectivity index (χ1n) is 13.4. The molecule has 7 fully saturated rings. The second-order valence-electron chi connectivity index (χ2n) is 13.1. The van der Waals surface area contributed by atoms with E-state index >= 15 is 0 Å². The molecule has 0 radical (unpaired) electrons. The molecule has 5 unspecified atom stereocenters. The van der Waals surface area contributed by atoms with Gasteiger partial charge >= 0.3 is 23.9 Å². The molecule has 8 nitrogen and oxygen atoms in total. The molecule has 0 aromatic carbocycles. The van der Waals surface area contributed by atoms with Gasteiger partial charge in [-0.2, -0.15) is 0 Å². The fourth-order valence-electron chi connectivity index (χ4n) is 9.18. The summed E-state index contributed by atoms with van der Waals surface area (Å²) in [6, 6.07) is 0. The summed E-state index contributed by atoms with van der Waals surface area (Å²) in [6.07, 6.45) is 6.64. The number of carbonyl (C=O) groups is 4. The average molecular weight is 501 g/mol. The van der Waals surface area contributed by atoms with Crippen molar-refractivity contribution >= 4 is 23.9 Å². The van der Waals surface area contributed by atoms with Crippen molar-refractivity contribution in [2.45, 2.75) is 89.9 Å². The van der Waals surface area contributed by atoms with Crippen LogP contribution in [-0.4, -0.2) is 48.3 Å². The maximum absolute atomic E-state index is 13.2. The van der Waals surface area contributed by atoms with Crippen LogP contribution < -0.4 is 0 Å². The summed E-state index contributed by atoms with van der Waals surface area (Å²) < 4.78 is 22.4. The van der Waals surface area contributed by atoms with Crippen LogP contribution in [0.15, 0.2) is 12.2 Å². The zero-order valence-corrected chi connectivity index (χ0v) is 21.4.